The van der Waals surface area contributed by atoms with Crippen molar-refractivity contribution >= 4 is 34.8 Å². The molecule has 3 rings (SSSR count). The number of carbonyl (C=O) groups is 3. The Morgan fingerprint density at radius 3 is 2.81 bits per heavy atom. The molecule has 9 heteroatoms. The van der Waals surface area contributed by atoms with Gasteiger partial charge in [0.2, 0.25) is 6.79 Å². The van der Waals surface area contributed by atoms with Gasteiger partial charge in [-0.05, 0) is 30.5 Å². The van der Waals surface area contributed by atoms with Crippen molar-refractivity contribution in [3.8, 4) is 11.5 Å². The second-order valence-electron chi connectivity index (χ2n) is 5.35. The zero-order chi connectivity index (χ0) is 18.5. The summed E-state index contributed by atoms with van der Waals surface area (Å²) in [5, 5.41) is 6.83. The van der Waals surface area contributed by atoms with Gasteiger partial charge in [-0.25, -0.2) is 0 Å². The van der Waals surface area contributed by atoms with Crippen LogP contribution in [-0.4, -0.2) is 37.2 Å². The molecule has 1 atom stereocenters. The first kappa shape index (κ1) is 17.7. The van der Waals surface area contributed by atoms with Crippen molar-refractivity contribution in [2.75, 3.05) is 18.7 Å². The van der Waals surface area contributed by atoms with E-state index in [0.29, 0.717) is 22.1 Å². The van der Waals surface area contributed by atoms with Crippen molar-refractivity contribution in [1.82, 2.24) is 5.32 Å². The Morgan fingerprint density at radius 2 is 2.04 bits per heavy atom. The first-order chi connectivity index (χ1) is 12.5. The number of carbonyl (C=O) groups excluding carboxylic acids is 3. The molecule has 8 nitrogen and oxygen atoms in total. The maximum absolute atomic E-state index is 12.1. The molecule has 2 amide bonds. The van der Waals surface area contributed by atoms with Crippen LogP contribution in [0.4, 0.5) is 5.69 Å². The average Bonchev–Trinajstić information content (AvgIpc) is 3.30. The van der Waals surface area contributed by atoms with Gasteiger partial charge in [0, 0.05) is 11.8 Å². The number of amides is 2. The molecule has 2 heterocycles. The number of rotatable bonds is 6. The number of ether oxygens (including phenoxy) is 3. The fraction of sp³-hybridized carbons (Fsp3) is 0.235. The molecule has 0 unspecified atom stereocenters. The third kappa shape index (κ3) is 4.31. The number of benzene rings is 1. The molecule has 0 fully saturated rings. The highest BCUT2D eigenvalue weighted by molar-refractivity contribution is 7.12. The first-order valence-corrected chi connectivity index (χ1v) is 8.62. The summed E-state index contributed by atoms with van der Waals surface area (Å²) in [7, 11) is 0. The Balaban J connectivity index is 1.46. The minimum atomic E-state index is -1.02. The zero-order valence-corrected chi connectivity index (χ0v) is 14.6. The molecular formula is C17H16N2O6S. The van der Waals surface area contributed by atoms with Crippen LogP contribution in [-0.2, 0) is 14.3 Å². The monoisotopic (exact) mass is 376 g/mol. The molecule has 0 radical (unpaired) electrons. The van der Waals surface area contributed by atoms with Crippen LogP contribution in [0.3, 0.4) is 0 Å². The predicted molar refractivity (Wildman–Crippen MR) is 93.4 cm³/mol. The Labute approximate surface area is 153 Å². The van der Waals surface area contributed by atoms with Gasteiger partial charge in [-0.15, -0.1) is 11.3 Å². The van der Waals surface area contributed by atoms with Gasteiger partial charge in [0.05, 0.1) is 4.88 Å². The second-order valence-corrected chi connectivity index (χ2v) is 6.30. The molecule has 2 aromatic rings. The number of nitrogens with one attached hydrogen (secondary N) is 2. The number of hydrogen-bond donors (Lipinski definition) is 2. The van der Waals surface area contributed by atoms with E-state index in [4.69, 9.17) is 14.2 Å². The molecule has 1 aliphatic rings. The molecule has 0 saturated carbocycles. The first-order valence-electron chi connectivity index (χ1n) is 7.74. The van der Waals surface area contributed by atoms with Crippen molar-refractivity contribution < 1.29 is 28.6 Å². The lowest BCUT2D eigenvalue weighted by molar-refractivity contribution is -0.152. The van der Waals surface area contributed by atoms with E-state index in [-0.39, 0.29) is 19.2 Å². The van der Waals surface area contributed by atoms with Crippen LogP contribution in [0, 0.1) is 0 Å². The average molecular weight is 376 g/mol. The SMILES string of the molecule is C[C@@H](OC(=O)CNC(=O)c1cccs1)C(=O)Nc1ccc2c(c1)OCO2. The number of thiophene rings is 1. The number of esters is 1. The summed E-state index contributed by atoms with van der Waals surface area (Å²) >= 11 is 1.26. The number of fused-ring (bicyclic) bond motifs is 1. The topological polar surface area (TPSA) is 103 Å². The highest BCUT2D eigenvalue weighted by Gasteiger charge is 2.20. The molecule has 1 aromatic heterocycles. The Hall–Kier alpha value is -3.07. The third-order valence-electron chi connectivity index (χ3n) is 3.46. The fourth-order valence-corrected chi connectivity index (χ4v) is 2.80. The molecule has 2 N–H and O–H groups in total. The summed E-state index contributed by atoms with van der Waals surface area (Å²) in [6.07, 6.45) is -1.02. The molecule has 0 spiro atoms. The summed E-state index contributed by atoms with van der Waals surface area (Å²) in [5.41, 5.74) is 0.494. The van der Waals surface area contributed by atoms with E-state index in [1.807, 2.05) is 0 Å². The van der Waals surface area contributed by atoms with E-state index in [0.717, 1.165) is 0 Å². The van der Waals surface area contributed by atoms with Crippen molar-refractivity contribution in [2.45, 2.75) is 13.0 Å². The summed E-state index contributed by atoms with van der Waals surface area (Å²) in [6, 6.07) is 8.33. The predicted octanol–water partition coefficient (Wildman–Crippen LogP) is 1.78. The van der Waals surface area contributed by atoms with Crippen LogP contribution < -0.4 is 20.1 Å². The molecule has 0 aliphatic carbocycles. The Morgan fingerprint density at radius 1 is 1.23 bits per heavy atom. The van der Waals surface area contributed by atoms with Crippen LogP contribution in [0.15, 0.2) is 35.7 Å². The highest BCUT2D eigenvalue weighted by atomic mass is 32.1. The summed E-state index contributed by atoms with van der Waals surface area (Å²) in [4.78, 5) is 36.2. The zero-order valence-electron chi connectivity index (χ0n) is 13.8. The van der Waals surface area contributed by atoms with Gasteiger partial charge in [-0.1, -0.05) is 6.07 Å². The lowest BCUT2D eigenvalue weighted by Crippen LogP contribution is -2.35. The third-order valence-corrected chi connectivity index (χ3v) is 4.32. The van der Waals surface area contributed by atoms with Gasteiger partial charge < -0.3 is 24.8 Å². The lowest BCUT2D eigenvalue weighted by atomic mass is 10.2. The van der Waals surface area contributed by atoms with Crippen LogP contribution in [0.5, 0.6) is 11.5 Å². The van der Waals surface area contributed by atoms with Gasteiger partial charge in [0.25, 0.3) is 11.8 Å². The molecule has 136 valence electrons. The van der Waals surface area contributed by atoms with Gasteiger partial charge in [-0.2, -0.15) is 0 Å². The van der Waals surface area contributed by atoms with E-state index >= 15 is 0 Å². The summed E-state index contributed by atoms with van der Waals surface area (Å²) in [6.45, 7) is 1.26. The van der Waals surface area contributed by atoms with Crippen molar-refractivity contribution in [3.05, 3.63) is 40.6 Å². The Kier molecular flexibility index (Phi) is 5.37. The molecule has 0 bridgehead atoms. The quantitative estimate of drug-likeness (QED) is 0.745. The fourth-order valence-electron chi connectivity index (χ4n) is 2.16. The molecular weight excluding hydrogens is 360 g/mol. The highest BCUT2D eigenvalue weighted by Crippen LogP contribution is 2.34. The number of hydrogen-bond acceptors (Lipinski definition) is 7. The normalized spacial score (nSPS) is 13.0. The van der Waals surface area contributed by atoms with Gasteiger partial charge in [-0.3, -0.25) is 14.4 Å². The molecule has 26 heavy (non-hydrogen) atoms. The summed E-state index contributed by atoms with van der Waals surface area (Å²) in [5.74, 6) is -0.438. The van der Waals surface area contributed by atoms with Gasteiger partial charge >= 0.3 is 5.97 Å². The smallest absolute Gasteiger partial charge is 0.326 e. The van der Waals surface area contributed by atoms with Crippen LogP contribution >= 0.6 is 11.3 Å². The minimum absolute atomic E-state index is 0.137. The standard InChI is InChI=1S/C17H16N2O6S/c1-10(25-15(20)8-18-17(22)14-3-2-6-26-14)16(21)19-11-4-5-12-13(7-11)24-9-23-12/h2-7,10H,8-9H2,1H3,(H,18,22)(H,19,21)/t10-/m1/s1. The van der Waals surface area contributed by atoms with Gasteiger partial charge in [0.15, 0.2) is 17.6 Å². The van der Waals surface area contributed by atoms with Gasteiger partial charge in [0.1, 0.15) is 6.54 Å². The minimum Gasteiger partial charge on any atom is -0.454 e. The van der Waals surface area contributed by atoms with Crippen LogP contribution in [0.1, 0.15) is 16.6 Å². The van der Waals surface area contributed by atoms with Crippen molar-refractivity contribution in [2.24, 2.45) is 0 Å². The largest absolute Gasteiger partial charge is 0.454 e. The second kappa shape index (κ2) is 7.87. The van der Waals surface area contributed by atoms with E-state index in [1.165, 1.54) is 18.3 Å². The van der Waals surface area contributed by atoms with E-state index in [1.54, 1.807) is 35.7 Å². The van der Waals surface area contributed by atoms with Crippen molar-refractivity contribution in [1.29, 1.82) is 0 Å². The molecule has 1 aromatic carbocycles. The van der Waals surface area contributed by atoms with E-state index in [2.05, 4.69) is 10.6 Å². The van der Waals surface area contributed by atoms with Crippen LogP contribution in [0.25, 0.3) is 0 Å². The maximum atomic E-state index is 12.1. The van der Waals surface area contributed by atoms with Crippen molar-refractivity contribution in [3.63, 3.8) is 0 Å². The molecule has 0 saturated heterocycles. The maximum Gasteiger partial charge on any atom is 0.326 e. The lowest BCUT2D eigenvalue weighted by Gasteiger charge is -2.14. The molecule has 1 aliphatic heterocycles. The summed E-state index contributed by atoms with van der Waals surface area (Å²) < 4.78 is 15.5. The van der Waals surface area contributed by atoms with E-state index in [9.17, 15) is 14.4 Å². The number of anilines is 1. The van der Waals surface area contributed by atoms with E-state index < -0.39 is 18.0 Å². The van der Waals surface area contributed by atoms with Crippen LogP contribution in [0.2, 0.25) is 0 Å². The Bertz CT molecular complexity index is 821.